The molecule has 1 unspecified atom stereocenters. The summed E-state index contributed by atoms with van der Waals surface area (Å²) in [6.07, 6.45) is -0.210. The van der Waals surface area contributed by atoms with Gasteiger partial charge in [-0.05, 0) is 20.3 Å². The lowest BCUT2D eigenvalue weighted by atomic mass is 10.4. The van der Waals surface area contributed by atoms with Crippen molar-refractivity contribution < 1.29 is 18.8 Å². The first-order valence-electron chi connectivity index (χ1n) is 5.27. The maximum Gasteiger partial charge on any atom is 0.407 e. The van der Waals surface area contributed by atoms with Gasteiger partial charge in [0.25, 0.3) is 0 Å². The molecule has 0 radical (unpaired) electrons. The maximum absolute atomic E-state index is 10.8. The highest BCUT2D eigenvalue weighted by Gasteiger charge is 2.30. The molecule has 0 bridgehead atoms. The van der Waals surface area contributed by atoms with Gasteiger partial charge in [0.2, 0.25) is 0 Å². The minimum absolute atomic E-state index is 0.123. The molecule has 0 aliphatic rings. The predicted molar refractivity (Wildman–Crippen MR) is 60.3 cm³/mol. The van der Waals surface area contributed by atoms with Crippen molar-refractivity contribution in [1.82, 2.24) is 4.90 Å². The molecule has 15 heavy (non-hydrogen) atoms. The van der Waals surface area contributed by atoms with E-state index in [-0.39, 0.29) is 5.67 Å². The second-order valence-electron chi connectivity index (χ2n) is 3.15. The number of hydrogen-bond acceptors (Lipinski definition) is 3. The van der Waals surface area contributed by atoms with Crippen LogP contribution in [0.25, 0.3) is 0 Å². The summed E-state index contributed by atoms with van der Waals surface area (Å²) in [5.41, 5.74) is -0.123. The molecule has 0 aliphatic heterocycles. The van der Waals surface area contributed by atoms with E-state index in [9.17, 15) is 4.79 Å². The van der Waals surface area contributed by atoms with E-state index in [1.54, 1.807) is 7.05 Å². The zero-order valence-electron chi connectivity index (χ0n) is 9.90. The Kier molecular flexibility index (Phi) is 7.36. The van der Waals surface area contributed by atoms with Crippen molar-refractivity contribution in [3.05, 3.63) is 0 Å². The zero-order valence-corrected chi connectivity index (χ0v) is 11.0. The number of rotatable bonds is 7. The van der Waals surface area contributed by atoms with E-state index in [0.717, 1.165) is 6.42 Å². The lowest BCUT2D eigenvalue weighted by Gasteiger charge is -2.29. The van der Waals surface area contributed by atoms with Crippen LogP contribution >= 0.6 is 0 Å². The third-order valence-electron chi connectivity index (χ3n) is 2.19. The minimum atomic E-state index is -1.92. The Morgan fingerprint density at radius 3 is 2.07 bits per heavy atom. The highest BCUT2D eigenvalue weighted by atomic mass is 28.3. The SMILES string of the molecule is CCO[SiH](OCC)C(CC)N(C)C(=O)O. The van der Waals surface area contributed by atoms with E-state index >= 15 is 0 Å². The van der Waals surface area contributed by atoms with Gasteiger partial charge in [-0.25, -0.2) is 4.79 Å². The second-order valence-corrected chi connectivity index (χ2v) is 5.32. The van der Waals surface area contributed by atoms with E-state index in [1.807, 2.05) is 20.8 Å². The van der Waals surface area contributed by atoms with Gasteiger partial charge in [-0.15, -0.1) is 0 Å². The smallest absolute Gasteiger partial charge is 0.407 e. The second kappa shape index (κ2) is 7.67. The Morgan fingerprint density at radius 1 is 1.33 bits per heavy atom. The third-order valence-corrected chi connectivity index (χ3v) is 5.06. The predicted octanol–water partition coefficient (Wildman–Crippen LogP) is 1.21. The number of carboxylic acid groups (broad SMARTS) is 1. The van der Waals surface area contributed by atoms with Crippen molar-refractivity contribution in [2.45, 2.75) is 32.9 Å². The summed E-state index contributed by atoms with van der Waals surface area (Å²) in [7, 11) is -0.354. The molecular weight excluding hydrogens is 214 g/mol. The van der Waals surface area contributed by atoms with Crippen LogP contribution in [0, 0.1) is 0 Å². The molecule has 0 saturated carbocycles. The molecule has 1 atom stereocenters. The molecule has 0 fully saturated rings. The normalized spacial score (nSPS) is 12.9. The number of carbonyl (C=O) groups is 1. The van der Waals surface area contributed by atoms with Gasteiger partial charge < -0.3 is 18.9 Å². The first-order valence-corrected chi connectivity index (χ1v) is 6.88. The van der Waals surface area contributed by atoms with E-state index in [1.165, 1.54) is 4.90 Å². The van der Waals surface area contributed by atoms with Crippen molar-refractivity contribution in [3.63, 3.8) is 0 Å². The number of amides is 1. The molecule has 0 aromatic rings. The lowest BCUT2D eigenvalue weighted by Crippen LogP contribution is -2.49. The summed E-state index contributed by atoms with van der Waals surface area (Å²) in [4.78, 5) is 12.1. The van der Waals surface area contributed by atoms with Crippen LogP contribution in [0.3, 0.4) is 0 Å². The van der Waals surface area contributed by atoms with Crippen molar-refractivity contribution in [1.29, 1.82) is 0 Å². The van der Waals surface area contributed by atoms with Crippen LogP contribution < -0.4 is 0 Å². The molecule has 6 heteroatoms. The summed E-state index contributed by atoms with van der Waals surface area (Å²) in [5, 5.41) is 8.91. The van der Waals surface area contributed by atoms with Crippen LogP contribution in [0.2, 0.25) is 0 Å². The molecule has 0 rings (SSSR count). The van der Waals surface area contributed by atoms with Gasteiger partial charge in [-0.2, -0.15) is 0 Å². The van der Waals surface area contributed by atoms with Crippen LogP contribution in [0.15, 0.2) is 0 Å². The number of nitrogens with zero attached hydrogens (tertiary/aromatic N) is 1. The average Bonchev–Trinajstić information content (AvgIpc) is 2.19. The highest BCUT2D eigenvalue weighted by Crippen LogP contribution is 2.09. The van der Waals surface area contributed by atoms with Crippen LogP contribution in [0.1, 0.15) is 27.2 Å². The Bertz CT molecular complexity index is 185. The Morgan fingerprint density at radius 2 is 1.80 bits per heavy atom. The van der Waals surface area contributed by atoms with Crippen molar-refractivity contribution in [2.24, 2.45) is 0 Å². The van der Waals surface area contributed by atoms with Crippen LogP contribution in [-0.4, -0.2) is 51.3 Å². The van der Waals surface area contributed by atoms with Crippen LogP contribution in [-0.2, 0) is 8.85 Å². The molecule has 0 spiro atoms. The van der Waals surface area contributed by atoms with Gasteiger partial charge in [0.15, 0.2) is 0 Å². The quantitative estimate of drug-likeness (QED) is 0.674. The fraction of sp³-hybridized carbons (Fsp3) is 0.889. The minimum Gasteiger partial charge on any atom is -0.465 e. The van der Waals surface area contributed by atoms with Crippen molar-refractivity contribution in [3.8, 4) is 0 Å². The molecule has 0 aromatic heterocycles. The van der Waals surface area contributed by atoms with Crippen molar-refractivity contribution in [2.75, 3.05) is 20.3 Å². The molecule has 1 N–H and O–H groups in total. The fourth-order valence-corrected chi connectivity index (χ4v) is 3.46. The van der Waals surface area contributed by atoms with E-state index in [0.29, 0.717) is 13.2 Å². The van der Waals surface area contributed by atoms with Crippen LogP contribution in [0.4, 0.5) is 4.79 Å². The topological polar surface area (TPSA) is 59.0 Å². The fourth-order valence-electron chi connectivity index (χ4n) is 1.39. The summed E-state index contributed by atoms with van der Waals surface area (Å²) < 4.78 is 11.0. The summed E-state index contributed by atoms with van der Waals surface area (Å²) >= 11 is 0. The largest absolute Gasteiger partial charge is 0.465 e. The van der Waals surface area contributed by atoms with Crippen molar-refractivity contribution >= 4 is 15.4 Å². The van der Waals surface area contributed by atoms with Gasteiger partial charge in [0.1, 0.15) is 0 Å². The Balaban J connectivity index is 4.48. The van der Waals surface area contributed by atoms with Gasteiger partial charge in [-0.3, -0.25) is 0 Å². The molecule has 5 nitrogen and oxygen atoms in total. The highest BCUT2D eigenvalue weighted by molar-refractivity contribution is 6.46. The van der Waals surface area contributed by atoms with Gasteiger partial charge >= 0.3 is 15.4 Å². The molecule has 1 amide bonds. The molecular formula is C9H21NO4Si. The van der Waals surface area contributed by atoms with Gasteiger partial charge in [0.05, 0.1) is 5.67 Å². The standard InChI is InChI=1S/C9H21NO4Si/c1-5-8(10(4)9(11)12)15(13-6-2)14-7-3/h8,15H,5-7H2,1-4H3,(H,11,12). The van der Waals surface area contributed by atoms with E-state index in [2.05, 4.69) is 0 Å². The van der Waals surface area contributed by atoms with E-state index in [4.69, 9.17) is 14.0 Å². The van der Waals surface area contributed by atoms with Gasteiger partial charge in [0, 0.05) is 20.3 Å². The lowest BCUT2D eigenvalue weighted by molar-refractivity contribution is 0.129. The summed E-state index contributed by atoms with van der Waals surface area (Å²) in [6, 6.07) is 0. The average molecular weight is 235 g/mol. The third kappa shape index (κ3) is 4.63. The molecule has 90 valence electrons. The molecule has 0 heterocycles. The maximum atomic E-state index is 10.8. The molecule has 0 aliphatic carbocycles. The number of hydrogen-bond donors (Lipinski definition) is 1. The van der Waals surface area contributed by atoms with E-state index < -0.39 is 15.4 Å². The monoisotopic (exact) mass is 235 g/mol. The summed E-state index contributed by atoms with van der Waals surface area (Å²) in [6.45, 7) is 6.88. The molecule has 0 saturated heterocycles. The Hall–Kier alpha value is -0.593. The first kappa shape index (κ1) is 14.4. The van der Waals surface area contributed by atoms with Crippen LogP contribution in [0.5, 0.6) is 0 Å². The summed E-state index contributed by atoms with van der Waals surface area (Å²) in [5.74, 6) is 0. The Labute approximate surface area is 92.8 Å². The zero-order chi connectivity index (χ0) is 11.8. The van der Waals surface area contributed by atoms with Gasteiger partial charge in [-0.1, -0.05) is 6.92 Å². The molecule has 0 aromatic carbocycles. The first-order chi connectivity index (χ1) is 7.08.